The fourth-order valence-electron chi connectivity index (χ4n) is 1.12. The Bertz CT molecular complexity index is 280. The van der Waals surface area contributed by atoms with E-state index in [1.54, 1.807) is 0 Å². The summed E-state index contributed by atoms with van der Waals surface area (Å²) in [5.74, 6) is -0.0276. The van der Waals surface area contributed by atoms with Gasteiger partial charge in [-0.3, -0.25) is 0 Å². The minimum atomic E-state index is -0.671. The molecule has 76 valence electrons. The Morgan fingerprint density at radius 2 is 1.93 bits per heavy atom. The van der Waals surface area contributed by atoms with E-state index in [9.17, 15) is 5.11 Å². The van der Waals surface area contributed by atoms with Crippen LogP contribution >= 0.6 is 0 Å². The summed E-state index contributed by atoms with van der Waals surface area (Å²) in [7, 11) is 0. The Labute approximate surface area is 84.5 Å². The molecule has 0 saturated carbocycles. The first-order valence-corrected chi connectivity index (χ1v) is 4.76. The van der Waals surface area contributed by atoms with Crippen molar-refractivity contribution < 1.29 is 10.2 Å². The van der Waals surface area contributed by atoms with Gasteiger partial charge in [0.2, 0.25) is 0 Å². The van der Waals surface area contributed by atoms with Crippen LogP contribution in [-0.2, 0) is 0 Å². The van der Waals surface area contributed by atoms with E-state index in [0.29, 0.717) is 0 Å². The summed E-state index contributed by atoms with van der Waals surface area (Å²) in [6.45, 7) is 1.68. The van der Waals surface area contributed by atoms with E-state index in [1.165, 1.54) is 0 Å². The fraction of sp³-hybridized carbons (Fsp3) is 0.333. The van der Waals surface area contributed by atoms with Gasteiger partial charge in [0.25, 0.3) is 0 Å². The van der Waals surface area contributed by atoms with Crippen molar-refractivity contribution in [1.82, 2.24) is 0 Å². The quantitative estimate of drug-likeness (QED) is 0.762. The maximum absolute atomic E-state index is 9.30. The number of rotatable bonds is 4. The molecule has 0 fully saturated rings. The van der Waals surface area contributed by atoms with Gasteiger partial charge in [0.15, 0.2) is 0 Å². The fourth-order valence-corrected chi connectivity index (χ4v) is 1.12. The average Bonchev–Trinajstić information content (AvgIpc) is 2.26. The molecule has 0 spiro atoms. The van der Waals surface area contributed by atoms with E-state index >= 15 is 0 Å². The zero-order valence-electron chi connectivity index (χ0n) is 8.30. The zero-order chi connectivity index (χ0) is 10.4. The van der Waals surface area contributed by atoms with E-state index in [2.05, 4.69) is 0 Å². The number of aliphatic hydroxyl groups is 2. The van der Waals surface area contributed by atoms with Crippen LogP contribution in [-0.4, -0.2) is 22.9 Å². The van der Waals surface area contributed by atoms with Crippen LogP contribution in [0.25, 0.3) is 6.08 Å². The lowest BCUT2D eigenvalue weighted by Crippen LogP contribution is -2.19. The second kappa shape index (κ2) is 5.58. The SMILES string of the molecule is C[C@H](/C=C/c1ccccc1)[C@@H](O)CO. The molecule has 2 heteroatoms. The molecule has 0 aliphatic rings. The Balaban J connectivity index is 2.56. The van der Waals surface area contributed by atoms with Gasteiger partial charge in [-0.2, -0.15) is 0 Å². The van der Waals surface area contributed by atoms with Crippen molar-refractivity contribution >= 4 is 6.08 Å². The highest BCUT2D eigenvalue weighted by atomic mass is 16.3. The van der Waals surface area contributed by atoms with Crippen molar-refractivity contribution in [2.75, 3.05) is 6.61 Å². The highest BCUT2D eigenvalue weighted by molar-refractivity contribution is 5.48. The van der Waals surface area contributed by atoms with Crippen molar-refractivity contribution in [3.8, 4) is 0 Å². The van der Waals surface area contributed by atoms with Gasteiger partial charge in [0, 0.05) is 5.92 Å². The molecule has 1 aromatic carbocycles. The highest BCUT2D eigenvalue weighted by Gasteiger charge is 2.08. The summed E-state index contributed by atoms with van der Waals surface area (Å²) in [5, 5.41) is 18.0. The Morgan fingerprint density at radius 1 is 1.29 bits per heavy atom. The molecule has 2 N–H and O–H groups in total. The molecule has 0 unspecified atom stereocenters. The maximum Gasteiger partial charge on any atom is 0.0830 e. The van der Waals surface area contributed by atoms with Gasteiger partial charge in [0.05, 0.1) is 12.7 Å². The smallest absolute Gasteiger partial charge is 0.0830 e. The van der Waals surface area contributed by atoms with Gasteiger partial charge in [-0.1, -0.05) is 49.4 Å². The van der Waals surface area contributed by atoms with Gasteiger partial charge in [-0.25, -0.2) is 0 Å². The predicted molar refractivity (Wildman–Crippen MR) is 57.7 cm³/mol. The van der Waals surface area contributed by atoms with Gasteiger partial charge in [-0.05, 0) is 5.56 Å². The number of hydrogen-bond donors (Lipinski definition) is 2. The molecule has 1 rings (SSSR count). The second-order valence-corrected chi connectivity index (χ2v) is 3.38. The number of hydrogen-bond acceptors (Lipinski definition) is 2. The minimum Gasteiger partial charge on any atom is -0.394 e. The van der Waals surface area contributed by atoms with E-state index in [-0.39, 0.29) is 12.5 Å². The average molecular weight is 192 g/mol. The first-order valence-electron chi connectivity index (χ1n) is 4.76. The molecule has 0 amide bonds. The van der Waals surface area contributed by atoms with Gasteiger partial charge in [-0.15, -0.1) is 0 Å². The molecule has 0 radical (unpaired) electrons. The minimum absolute atomic E-state index is 0.0276. The van der Waals surface area contributed by atoms with Crippen LogP contribution in [0.1, 0.15) is 12.5 Å². The third-order valence-corrected chi connectivity index (χ3v) is 2.19. The summed E-state index contributed by atoms with van der Waals surface area (Å²) in [6.07, 6.45) is 3.18. The van der Waals surface area contributed by atoms with E-state index < -0.39 is 6.10 Å². The molecular formula is C12H16O2. The number of aliphatic hydroxyl groups excluding tert-OH is 2. The highest BCUT2D eigenvalue weighted by Crippen LogP contribution is 2.08. The van der Waals surface area contributed by atoms with Gasteiger partial charge in [0.1, 0.15) is 0 Å². The van der Waals surface area contributed by atoms with Crippen LogP contribution in [0, 0.1) is 5.92 Å². The number of benzene rings is 1. The standard InChI is InChI=1S/C12H16O2/c1-10(12(14)9-13)7-8-11-5-3-2-4-6-11/h2-8,10,12-14H,9H2,1H3/b8-7+/t10-,12+/m1/s1. The molecule has 0 aromatic heterocycles. The lowest BCUT2D eigenvalue weighted by molar-refractivity contribution is 0.0687. The van der Waals surface area contributed by atoms with Crippen LogP contribution in [0.5, 0.6) is 0 Å². The molecule has 14 heavy (non-hydrogen) atoms. The van der Waals surface area contributed by atoms with Crippen molar-refractivity contribution in [3.63, 3.8) is 0 Å². The van der Waals surface area contributed by atoms with E-state index in [0.717, 1.165) is 5.56 Å². The van der Waals surface area contributed by atoms with Crippen molar-refractivity contribution in [1.29, 1.82) is 0 Å². The third-order valence-electron chi connectivity index (χ3n) is 2.19. The lowest BCUT2D eigenvalue weighted by atomic mass is 10.0. The van der Waals surface area contributed by atoms with Crippen molar-refractivity contribution in [2.45, 2.75) is 13.0 Å². The summed E-state index contributed by atoms with van der Waals surface area (Å²) < 4.78 is 0. The third kappa shape index (κ3) is 3.32. The Morgan fingerprint density at radius 3 is 2.50 bits per heavy atom. The lowest BCUT2D eigenvalue weighted by Gasteiger charge is -2.11. The topological polar surface area (TPSA) is 40.5 Å². The molecule has 2 atom stereocenters. The largest absolute Gasteiger partial charge is 0.394 e. The Hall–Kier alpha value is -1.12. The van der Waals surface area contributed by atoms with Crippen LogP contribution in [0.4, 0.5) is 0 Å². The molecular weight excluding hydrogens is 176 g/mol. The first kappa shape index (κ1) is 11.0. The second-order valence-electron chi connectivity index (χ2n) is 3.38. The predicted octanol–water partition coefficient (Wildman–Crippen LogP) is 1.69. The van der Waals surface area contributed by atoms with E-state index in [4.69, 9.17) is 5.11 Å². The van der Waals surface area contributed by atoms with Gasteiger partial charge < -0.3 is 10.2 Å². The van der Waals surface area contributed by atoms with Crippen LogP contribution < -0.4 is 0 Å². The normalized spacial score (nSPS) is 15.6. The van der Waals surface area contributed by atoms with Crippen LogP contribution in [0.2, 0.25) is 0 Å². The van der Waals surface area contributed by atoms with E-state index in [1.807, 2.05) is 49.4 Å². The summed E-state index contributed by atoms with van der Waals surface area (Å²) in [5.41, 5.74) is 1.10. The molecule has 0 aliphatic heterocycles. The molecule has 0 saturated heterocycles. The van der Waals surface area contributed by atoms with Gasteiger partial charge >= 0.3 is 0 Å². The molecule has 1 aromatic rings. The molecule has 0 aliphatic carbocycles. The monoisotopic (exact) mass is 192 g/mol. The summed E-state index contributed by atoms with van der Waals surface area (Å²) in [4.78, 5) is 0. The van der Waals surface area contributed by atoms with Crippen molar-refractivity contribution in [2.24, 2.45) is 5.92 Å². The van der Waals surface area contributed by atoms with Crippen molar-refractivity contribution in [3.05, 3.63) is 42.0 Å². The first-order chi connectivity index (χ1) is 6.74. The summed E-state index contributed by atoms with van der Waals surface area (Å²) in [6, 6.07) is 9.88. The summed E-state index contributed by atoms with van der Waals surface area (Å²) >= 11 is 0. The van der Waals surface area contributed by atoms with Crippen LogP contribution in [0.3, 0.4) is 0 Å². The molecule has 2 nitrogen and oxygen atoms in total. The van der Waals surface area contributed by atoms with Crippen LogP contribution in [0.15, 0.2) is 36.4 Å². The maximum atomic E-state index is 9.30. The Kier molecular flexibility index (Phi) is 4.36. The molecule has 0 heterocycles. The molecule has 0 bridgehead atoms. The zero-order valence-corrected chi connectivity index (χ0v) is 8.30.